The number of aliphatic imine (C=N–C) groups is 1. The topological polar surface area (TPSA) is 84.2 Å². The van der Waals surface area contributed by atoms with Gasteiger partial charge in [0.1, 0.15) is 11.9 Å². The van der Waals surface area contributed by atoms with E-state index >= 15 is 0 Å². The van der Waals surface area contributed by atoms with Gasteiger partial charge in [0.05, 0.1) is 25.0 Å². The standard InChI is InChI=1S/C23H32N6O3.HI/c1-3-24-23(28-14-12-27(13-15-28)22(30)21-5-4-16-32-21)25-17-18-10-11-29(26-18)19-6-8-20(31-2)9-7-19;/h6-11,21H,3-5,12-17H2,1-2H3,(H,24,25);1H. The highest BCUT2D eigenvalue weighted by Gasteiger charge is 2.30. The lowest BCUT2D eigenvalue weighted by molar-refractivity contribution is -0.142. The number of guanidine groups is 1. The molecule has 0 spiro atoms. The Labute approximate surface area is 212 Å². The molecule has 0 radical (unpaired) electrons. The lowest BCUT2D eigenvalue weighted by atomic mass is 10.2. The molecular weight excluding hydrogens is 535 g/mol. The van der Waals surface area contributed by atoms with Crippen molar-refractivity contribution >= 4 is 35.8 Å². The molecule has 2 aliphatic rings. The highest BCUT2D eigenvalue weighted by Crippen LogP contribution is 2.17. The van der Waals surface area contributed by atoms with E-state index in [1.807, 2.05) is 46.1 Å². The van der Waals surface area contributed by atoms with Crippen LogP contribution in [0.5, 0.6) is 5.75 Å². The molecule has 0 saturated carbocycles. The Morgan fingerprint density at radius 1 is 1.18 bits per heavy atom. The van der Waals surface area contributed by atoms with Crippen LogP contribution in [0.15, 0.2) is 41.5 Å². The van der Waals surface area contributed by atoms with E-state index in [0.717, 1.165) is 55.6 Å². The predicted octanol–water partition coefficient (Wildman–Crippen LogP) is 2.29. The maximum absolute atomic E-state index is 12.6. The summed E-state index contributed by atoms with van der Waals surface area (Å²) < 4.78 is 12.6. The second kappa shape index (κ2) is 12.2. The molecule has 1 N–H and O–H groups in total. The minimum atomic E-state index is -0.246. The molecule has 0 aliphatic carbocycles. The molecule has 2 saturated heterocycles. The van der Waals surface area contributed by atoms with Crippen molar-refractivity contribution < 1.29 is 14.3 Å². The van der Waals surface area contributed by atoms with Crippen molar-refractivity contribution in [1.82, 2.24) is 24.9 Å². The van der Waals surface area contributed by atoms with Gasteiger partial charge < -0.3 is 24.6 Å². The summed E-state index contributed by atoms with van der Waals surface area (Å²) in [6, 6.07) is 9.76. The predicted molar refractivity (Wildman–Crippen MR) is 137 cm³/mol. The average Bonchev–Trinajstić information content (AvgIpc) is 3.54. The zero-order chi connectivity index (χ0) is 22.3. The highest BCUT2D eigenvalue weighted by molar-refractivity contribution is 14.0. The van der Waals surface area contributed by atoms with Crippen molar-refractivity contribution in [3.05, 3.63) is 42.2 Å². The minimum Gasteiger partial charge on any atom is -0.497 e. The Kier molecular flexibility index (Phi) is 9.36. The number of nitrogens with one attached hydrogen (secondary N) is 1. The first-order valence-electron chi connectivity index (χ1n) is 11.3. The highest BCUT2D eigenvalue weighted by atomic mass is 127. The summed E-state index contributed by atoms with van der Waals surface area (Å²) in [5.41, 5.74) is 1.86. The fraction of sp³-hybridized carbons (Fsp3) is 0.522. The number of benzene rings is 1. The van der Waals surface area contributed by atoms with Crippen LogP contribution in [0.3, 0.4) is 0 Å². The fourth-order valence-corrected chi connectivity index (χ4v) is 4.02. The average molecular weight is 568 g/mol. The van der Waals surface area contributed by atoms with Crippen LogP contribution in [-0.2, 0) is 16.1 Å². The number of aromatic nitrogens is 2. The van der Waals surface area contributed by atoms with E-state index in [4.69, 9.17) is 14.5 Å². The lowest BCUT2D eigenvalue weighted by Crippen LogP contribution is -2.55. The van der Waals surface area contributed by atoms with Crippen LogP contribution in [0.4, 0.5) is 0 Å². The van der Waals surface area contributed by atoms with Crippen LogP contribution in [0.25, 0.3) is 5.69 Å². The Balaban J connectivity index is 0.00000306. The number of halogens is 1. The van der Waals surface area contributed by atoms with Gasteiger partial charge in [0.2, 0.25) is 0 Å². The number of rotatable bonds is 6. The van der Waals surface area contributed by atoms with Crippen molar-refractivity contribution in [2.24, 2.45) is 4.99 Å². The summed E-state index contributed by atoms with van der Waals surface area (Å²) in [6.07, 6.45) is 3.51. The molecule has 1 aromatic carbocycles. The summed E-state index contributed by atoms with van der Waals surface area (Å²) in [5.74, 6) is 1.81. The third kappa shape index (κ3) is 6.38. The smallest absolute Gasteiger partial charge is 0.251 e. The van der Waals surface area contributed by atoms with Crippen molar-refractivity contribution in [3.63, 3.8) is 0 Å². The maximum Gasteiger partial charge on any atom is 0.251 e. The van der Waals surface area contributed by atoms with Gasteiger partial charge in [-0.05, 0) is 50.1 Å². The van der Waals surface area contributed by atoms with Gasteiger partial charge in [-0.2, -0.15) is 5.10 Å². The van der Waals surface area contributed by atoms with Gasteiger partial charge in [0.15, 0.2) is 5.96 Å². The SMILES string of the molecule is CCNC(=NCc1ccn(-c2ccc(OC)cc2)n1)N1CCN(C(=O)C2CCCO2)CC1.I. The number of carbonyl (C=O) groups is 1. The fourth-order valence-electron chi connectivity index (χ4n) is 4.02. The molecule has 2 aliphatic heterocycles. The van der Waals surface area contributed by atoms with Gasteiger partial charge in [0, 0.05) is 45.5 Å². The van der Waals surface area contributed by atoms with Crippen LogP contribution in [0.2, 0.25) is 0 Å². The van der Waals surface area contributed by atoms with E-state index in [0.29, 0.717) is 26.2 Å². The van der Waals surface area contributed by atoms with Gasteiger partial charge in [-0.3, -0.25) is 4.79 Å². The molecule has 1 amide bonds. The molecule has 10 heteroatoms. The molecule has 2 aromatic rings. The number of hydrogen-bond donors (Lipinski definition) is 1. The lowest BCUT2D eigenvalue weighted by Gasteiger charge is -2.37. The van der Waals surface area contributed by atoms with Gasteiger partial charge in [-0.15, -0.1) is 24.0 Å². The molecule has 3 heterocycles. The number of hydrogen-bond acceptors (Lipinski definition) is 5. The summed E-state index contributed by atoms with van der Waals surface area (Å²) in [5, 5.41) is 8.02. The van der Waals surface area contributed by atoms with Crippen molar-refractivity contribution in [1.29, 1.82) is 0 Å². The maximum atomic E-state index is 12.6. The van der Waals surface area contributed by atoms with E-state index in [-0.39, 0.29) is 36.0 Å². The van der Waals surface area contributed by atoms with Gasteiger partial charge in [0.25, 0.3) is 5.91 Å². The van der Waals surface area contributed by atoms with Crippen LogP contribution in [0.1, 0.15) is 25.5 Å². The van der Waals surface area contributed by atoms with Gasteiger partial charge >= 0.3 is 0 Å². The quantitative estimate of drug-likeness (QED) is 0.327. The monoisotopic (exact) mass is 568 g/mol. The molecule has 2 fully saturated rings. The molecular formula is C23H33IN6O3. The number of amides is 1. The molecule has 33 heavy (non-hydrogen) atoms. The molecule has 9 nitrogen and oxygen atoms in total. The molecule has 1 aromatic heterocycles. The van der Waals surface area contributed by atoms with E-state index in [1.165, 1.54) is 0 Å². The summed E-state index contributed by atoms with van der Waals surface area (Å²) in [4.78, 5) is 21.5. The van der Waals surface area contributed by atoms with Crippen molar-refractivity contribution in [2.75, 3.05) is 46.4 Å². The Morgan fingerprint density at radius 3 is 2.55 bits per heavy atom. The van der Waals surface area contributed by atoms with Crippen molar-refractivity contribution in [3.8, 4) is 11.4 Å². The van der Waals surface area contributed by atoms with Crippen LogP contribution in [-0.4, -0.2) is 84.0 Å². The second-order valence-electron chi connectivity index (χ2n) is 7.93. The summed E-state index contributed by atoms with van der Waals surface area (Å²) >= 11 is 0. The van der Waals surface area contributed by atoms with E-state index < -0.39 is 0 Å². The second-order valence-corrected chi connectivity index (χ2v) is 7.93. The number of methoxy groups -OCH3 is 1. The van der Waals surface area contributed by atoms with Crippen molar-refractivity contribution in [2.45, 2.75) is 32.4 Å². The van der Waals surface area contributed by atoms with Crippen LogP contribution >= 0.6 is 24.0 Å². The number of piperazine rings is 1. The summed E-state index contributed by atoms with van der Waals surface area (Å²) in [7, 11) is 1.66. The molecule has 0 bridgehead atoms. The first-order valence-corrected chi connectivity index (χ1v) is 11.3. The van der Waals surface area contributed by atoms with E-state index in [2.05, 4.69) is 22.2 Å². The molecule has 1 atom stereocenters. The molecule has 1 unspecified atom stereocenters. The third-order valence-electron chi connectivity index (χ3n) is 5.80. The van der Waals surface area contributed by atoms with Gasteiger partial charge in [-0.1, -0.05) is 0 Å². The van der Waals surface area contributed by atoms with E-state index in [1.54, 1.807) is 7.11 Å². The van der Waals surface area contributed by atoms with Crippen LogP contribution in [0, 0.1) is 0 Å². The zero-order valence-electron chi connectivity index (χ0n) is 19.3. The molecule has 180 valence electrons. The largest absolute Gasteiger partial charge is 0.497 e. The normalized spacial score (nSPS) is 18.7. The number of carbonyl (C=O) groups excluding carboxylic acids is 1. The zero-order valence-corrected chi connectivity index (χ0v) is 21.6. The molecule has 4 rings (SSSR count). The first-order chi connectivity index (χ1) is 15.7. The third-order valence-corrected chi connectivity index (χ3v) is 5.80. The van der Waals surface area contributed by atoms with Crippen LogP contribution < -0.4 is 10.1 Å². The first kappa shape index (κ1) is 25.3. The van der Waals surface area contributed by atoms with Gasteiger partial charge in [-0.25, -0.2) is 9.67 Å². The summed E-state index contributed by atoms with van der Waals surface area (Å²) in [6.45, 7) is 6.92. The van der Waals surface area contributed by atoms with E-state index in [9.17, 15) is 4.79 Å². The Hall–Kier alpha value is -2.34. The Bertz CT molecular complexity index is 919. The Morgan fingerprint density at radius 2 is 1.91 bits per heavy atom. The number of nitrogens with zero attached hydrogens (tertiary/aromatic N) is 5. The number of ether oxygens (including phenoxy) is 2. The minimum absolute atomic E-state index is 0.